The fraction of sp³-hybridized carbons (Fsp3) is 0.400. The Labute approximate surface area is 153 Å². The van der Waals surface area contributed by atoms with Crippen molar-refractivity contribution in [3.8, 4) is 0 Å². The van der Waals surface area contributed by atoms with Crippen LogP contribution >= 0.6 is 0 Å². The summed E-state index contributed by atoms with van der Waals surface area (Å²) < 4.78 is 24.1. The smallest absolute Gasteiger partial charge is 0.217 e. The minimum atomic E-state index is -0.417. The van der Waals surface area contributed by atoms with Crippen LogP contribution in [0.2, 0.25) is 0 Å². The predicted octanol–water partition coefficient (Wildman–Crippen LogP) is 0.263. The molecule has 2 heterocycles. The van der Waals surface area contributed by atoms with Crippen molar-refractivity contribution in [1.29, 1.82) is 0 Å². The van der Waals surface area contributed by atoms with Crippen LogP contribution in [0.25, 0.3) is 0 Å². The maximum atomic E-state index is 6.16. The van der Waals surface area contributed by atoms with Gasteiger partial charge in [0.15, 0.2) is 18.4 Å². The van der Waals surface area contributed by atoms with Gasteiger partial charge in [-0.1, -0.05) is 60.7 Å². The van der Waals surface area contributed by atoms with Gasteiger partial charge in [-0.2, -0.15) is 0 Å². The Morgan fingerprint density at radius 2 is 1.58 bits per heavy atom. The molecule has 0 saturated carbocycles. The number of ether oxygens (including phenoxy) is 4. The van der Waals surface area contributed by atoms with Crippen LogP contribution in [0.4, 0.5) is 0 Å². The van der Waals surface area contributed by atoms with Gasteiger partial charge in [-0.25, -0.2) is 0 Å². The Morgan fingerprint density at radius 3 is 2.31 bits per heavy atom. The zero-order chi connectivity index (χ0) is 17.9. The third kappa shape index (κ3) is 3.66. The van der Waals surface area contributed by atoms with Gasteiger partial charge in [-0.05, 0) is 5.56 Å². The molecule has 0 bridgehead atoms. The molecule has 2 aromatic carbocycles. The second-order valence-corrected chi connectivity index (χ2v) is 6.84. The fourth-order valence-electron chi connectivity index (χ4n) is 3.46. The van der Waals surface area contributed by atoms with Crippen molar-refractivity contribution in [3.05, 3.63) is 71.8 Å². The summed E-state index contributed by atoms with van der Waals surface area (Å²) in [6, 6.07) is 19.8. The molecule has 0 unspecified atom stereocenters. The lowest BCUT2D eigenvalue weighted by atomic mass is 9.94. The van der Waals surface area contributed by atoms with E-state index in [0.717, 1.165) is 11.1 Å². The van der Waals surface area contributed by atoms with E-state index < -0.39 is 6.29 Å². The van der Waals surface area contributed by atoms with Crippen LogP contribution in [0.15, 0.2) is 60.7 Å². The number of fused-ring (bicyclic) bond motifs is 1. The van der Waals surface area contributed by atoms with Gasteiger partial charge in [0.05, 0.1) is 13.2 Å². The molecule has 2 aliphatic heterocycles. The van der Waals surface area contributed by atoms with Crippen LogP contribution in [0.5, 0.6) is 0 Å². The number of hydrogen-bond acceptors (Lipinski definition) is 4. The Hall–Kier alpha value is -1.80. The maximum Gasteiger partial charge on any atom is 0.217 e. The molecule has 6 atom stereocenters. The zero-order valence-electron chi connectivity index (χ0n) is 14.7. The molecule has 2 fully saturated rings. The summed E-state index contributed by atoms with van der Waals surface area (Å²) in [6.07, 6.45) is -1.16. The topological polar surface area (TPSA) is 92.2 Å². The average Bonchev–Trinajstić information content (AvgIpc) is 2.71. The lowest BCUT2D eigenvalue weighted by molar-refractivity contribution is -0.587. The summed E-state index contributed by atoms with van der Waals surface area (Å²) in [5.74, 6) is 0. The van der Waals surface area contributed by atoms with Gasteiger partial charge in [0.2, 0.25) is 6.29 Å². The maximum absolute atomic E-state index is 6.16. The van der Waals surface area contributed by atoms with E-state index in [2.05, 4.69) is 11.5 Å². The summed E-state index contributed by atoms with van der Waals surface area (Å²) in [5.41, 5.74) is 10.6. The largest absolute Gasteiger partial charge is 0.348 e. The summed E-state index contributed by atoms with van der Waals surface area (Å²) in [4.78, 5) is 0. The summed E-state index contributed by atoms with van der Waals surface area (Å²) in [7, 11) is 0. The molecule has 6 heteroatoms. The lowest BCUT2D eigenvalue weighted by Crippen LogP contribution is -2.89. The van der Waals surface area contributed by atoms with Gasteiger partial charge in [-0.15, -0.1) is 0 Å². The highest BCUT2D eigenvalue weighted by atomic mass is 16.7. The Kier molecular flexibility index (Phi) is 5.31. The van der Waals surface area contributed by atoms with Crippen molar-refractivity contribution in [2.24, 2.45) is 0 Å². The van der Waals surface area contributed by atoms with Gasteiger partial charge in [-0.3, -0.25) is 0 Å². The molecule has 2 aromatic rings. The molecule has 2 saturated heterocycles. The van der Waals surface area contributed by atoms with Crippen LogP contribution in [-0.4, -0.2) is 37.2 Å². The van der Waals surface area contributed by atoms with Gasteiger partial charge in [0, 0.05) is 5.56 Å². The number of benzene rings is 2. The SMILES string of the molecule is [NH3+][C@@H]1[C@@H]([NH3+])[C@@H](OCc2ccccc2)O[C@@H]2CO[C@H](c3ccccc3)O[C@@H]12. The number of hydrogen-bond donors (Lipinski definition) is 2. The van der Waals surface area contributed by atoms with E-state index in [1.54, 1.807) is 0 Å². The molecular formula is C20H26N2O4+2. The Morgan fingerprint density at radius 1 is 0.885 bits per heavy atom. The van der Waals surface area contributed by atoms with Crippen LogP contribution < -0.4 is 11.5 Å². The molecule has 138 valence electrons. The standard InChI is InChI=1S/C20H24N2O4/c21-16-17(22)20(23-11-13-7-3-1-4-8-13)25-15-12-24-19(26-18(15)16)14-9-5-2-6-10-14/h1-10,15-20H,11-12,21-22H2/p+2/t15-,16-,17-,18-,19+,20+/m1/s1. The highest BCUT2D eigenvalue weighted by molar-refractivity contribution is 5.17. The van der Waals surface area contributed by atoms with Crippen LogP contribution in [0, 0.1) is 0 Å². The molecular weight excluding hydrogens is 332 g/mol. The number of quaternary nitrogens is 2. The van der Waals surface area contributed by atoms with E-state index >= 15 is 0 Å². The molecule has 6 nitrogen and oxygen atoms in total. The van der Waals surface area contributed by atoms with Gasteiger partial charge >= 0.3 is 0 Å². The first kappa shape index (κ1) is 17.6. The van der Waals surface area contributed by atoms with Crippen LogP contribution in [0.3, 0.4) is 0 Å². The molecule has 2 aliphatic rings. The summed E-state index contributed by atoms with van der Waals surface area (Å²) in [6.45, 7) is 0.935. The molecule has 6 N–H and O–H groups in total. The normalized spacial score (nSPS) is 34.2. The van der Waals surface area contributed by atoms with Crippen molar-refractivity contribution in [1.82, 2.24) is 0 Å². The minimum Gasteiger partial charge on any atom is -0.348 e. The van der Waals surface area contributed by atoms with E-state index in [4.69, 9.17) is 18.9 Å². The van der Waals surface area contributed by atoms with Gasteiger partial charge < -0.3 is 30.4 Å². The fourth-order valence-corrected chi connectivity index (χ4v) is 3.46. The third-order valence-electron chi connectivity index (χ3n) is 5.02. The van der Waals surface area contributed by atoms with Crippen molar-refractivity contribution in [3.63, 3.8) is 0 Å². The molecule has 0 aromatic heterocycles. The molecule has 26 heavy (non-hydrogen) atoms. The van der Waals surface area contributed by atoms with Gasteiger partial charge in [0.25, 0.3) is 0 Å². The van der Waals surface area contributed by atoms with E-state index in [1.165, 1.54) is 0 Å². The Balaban J connectivity index is 1.40. The van der Waals surface area contributed by atoms with Crippen molar-refractivity contribution in [2.45, 2.75) is 43.5 Å². The summed E-state index contributed by atoms with van der Waals surface area (Å²) in [5, 5.41) is 0. The molecule has 0 amide bonds. The van der Waals surface area contributed by atoms with E-state index in [-0.39, 0.29) is 30.6 Å². The number of rotatable bonds is 4. The lowest BCUT2D eigenvalue weighted by Gasteiger charge is -2.44. The molecule has 0 spiro atoms. The first-order valence-electron chi connectivity index (χ1n) is 9.01. The predicted molar refractivity (Wildman–Crippen MR) is 93.3 cm³/mol. The molecule has 0 radical (unpaired) electrons. The zero-order valence-corrected chi connectivity index (χ0v) is 14.7. The third-order valence-corrected chi connectivity index (χ3v) is 5.02. The van der Waals surface area contributed by atoms with E-state index in [0.29, 0.717) is 13.2 Å². The highest BCUT2D eigenvalue weighted by Gasteiger charge is 2.51. The Bertz CT molecular complexity index is 697. The molecule has 0 aliphatic carbocycles. The first-order chi connectivity index (χ1) is 12.7. The second kappa shape index (κ2) is 7.84. The minimum absolute atomic E-state index is 0.0374. The van der Waals surface area contributed by atoms with Crippen molar-refractivity contribution >= 4 is 0 Å². The quantitative estimate of drug-likeness (QED) is 0.820. The second-order valence-electron chi connectivity index (χ2n) is 6.84. The van der Waals surface area contributed by atoms with Crippen LogP contribution in [-0.2, 0) is 25.6 Å². The van der Waals surface area contributed by atoms with Gasteiger partial charge in [0.1, 0.15) is 12.2 Å². The first-order valence-corrected chi connectivity index (χ1v) is 9.01. The van der Waals surface area contributed by atoms with Crippen LogP contribution in [0.1, 0.15) is 17.4 Å². The average molecular weight is 358 g/mol. The van der Waals surface area contributed by atoms with Crippen molar-refractivity contribution in [2.75, 3.05) is 6.61 Å². The van der Waals surface area contributed by atoms with E-state index in [1.807, 2.05) is 60.7 Å². The highest BCUT2D eigenvalue weighted by Crippen LogP contribution is 2.32. The van der Waals surface area contributed by atoms with Crippen molar-refractivity contribution < 1.29 is 30.4 Å². The molecule has 4 rings (SSSR count). The summed E-state index contributed by atoms with van der Waals surface area (Å²) >= 11 is 0. The van der Waals surface area contributed by atoms with E-state index in [9.17, 15) is 0 Å². The monoisotopic (exact) mass is 358 g/mol.